The Morgan fingerprint density at radius 3 is 2.84 bits per heavy atom. The van der Waals surface area contributed by atoms with E-state index in [1.54, 1.807) is 4.90 Å². The molecular weight excluding hydrogens is 268 g/mol. The van der Waals surface area contributed by atoms with Gasteiger partial charge in [-0.15, -0.1) is 12.4 Å². The maximum atomic E-state index is 11.9. The molecule has 1 atom stereocenters. The van der Waals surface area contributed by atoms with Crippen molar-refractivity contribution in [2.75, 3.05) is 26.2 Å². The largest absolute Gasteiger partial charge is 0.445 e. The number of aliphatic hydroxyl groups is 1. The SMILES string of the molecule is Cl.O=C(OCc1ccccc1)N1CCNC[C@@H]1CO. The summed E-state index contributed by atoms with van der Waals surface area (Å²) >= 11 is 0. The smallest absolute Gasteiger partial charge is 0.410 e. The van der Waals surface area contributed by atoms with E-state index in [1.807, 2.05) is 30.3 Å². The van der Waals surface area contributed by atoms with Crippen LogP contribution in [0.1, 0.15) is 5.56 Å². The molecule has 1 aromatic carbocycles. The Kier molecular flexibility index (Phi) is 6.62. The Balaban J connectivity index is 0.00000180. The summed E-state index contributed by atoms with van der Waals surface area (Å²) in [5, 5.41) is 12.3. The number of rotatable bonds is 3. The van der Waals surface area contributed by atoms with Gasteiger partial charge in [0.1, 0.15) is 6.61 Å². The summed E-state index contributed by atoms with van der Waals surface area (Å²) in [5.74, 6) is 0. The lowest BCUT2D eigenvalue weighted by molar-refractivity contribution is 0.0551. The molecule has 0 aromatic heterocycles. The first kappa shape index (κ1) is 15.8. The number of halogens is 1. The molecule has 0 unspecified atom stereocenters. The van der Waals surface area contributed by atoms with Crippen LogP contribution in [0.5, 0.6) is 0 Å². The third kappa shape index (κ3) is 4.38. The number of hydrogen-bond donors (Lipinski definition) is 2. The summed E-state index contributed by atoms with van der Waals surface area (Å²) in [6.07, 6.45) is -0.362. The van der Waals surface area contributed by atoms with Crippen LogP contribution in [0.15, 0.2) is 30.3 Å². The quantitative estimate of drug-likeness (QED) is 0.871. The average molecular weight is 287 g/mol. The molecule has 6 heteroatoms. The number of aliphatic hydroxyl groups excluding tert-OH is 1. The fraction of sp³-hybridized carbons (Fsp3) is 0.462. The lowest BCUT2D eigenvalue weighted by Gasteiger charge is -2.34. The summed E-state index contributed by atoms with van der Waals surface area (Å²) in [5.41, 5.74) is 0.960. The van der Waals surface area contributed by atoms with Gasteiger partial charge >= 0.3 is 6.09 Å². The van der Waals surface area contributed by atoms with Crippen molar-refractivity contribution in [1.29, 1.82) is 0 Å². The highest BCUT2D eigenvalue weighted by Gasteiger charge is 2.26. The summed E-state index contributed by atoms with van der Waals surface area (Å²) in [7, 11) is 0. The lowest BCUT2D eigenvalue weighted by Crippen LogP contribution is -2.55. The fourth-order valence-electron chi connectivity index (χ4n) is 1.97. The molecule has 2 rings (SSSR count). The summed E-state index contributed by atoms with van der Waals surface area (Å²) in [6, 6.07) is 9.36. The maximum absolute atomic E-state index is 11.9. The Bertz CT molecular complexity index is 389. The minimum Gasteiger partial charge on any atom is -0.445 e. The minimum atomic E-state index is -0.362. The van der Waals surface area contributed by atoms with Gasteiger partial charge in [-0.25, -0.2) is 4.79 Å². The van der Waals surface area contributed by atoms with Crippen LogP contribution in [0.25, 0.3) is 0 Å². The standard InChI is InChI=1S/C13H18N2O3.ClH/c16-9-12-8-14-6-7-15(12)13(17)18-10-11-4-2-1-3-5-11;/h1-5,12,14,16H,6-10H2;1H/t12-;/m1./s1. The van der Waals surface area contributed by atoms with Crippen LogP contribution >= 0.6 is 12.4 Å². The van der Waals surface area contributed by atoms with Gasteiger partial charge in [0, 0.05) is 19.6 Å². The second kappa shape index (κ2) is 7.99. The van der Waals surface area contributed by atoms with Crippen molar-refractivity contribution < 1.29 is 14.6 Å². The zero-order chi connectivity index (χ0) is 12.8. The van der Waals surface area contributed by atoms with Crippen LogP contribution < -0.4 is 5.32 Å². The van der Waals surface area contributed by atoms with Gasteiger partial charge in [-0.05, 0) is 5.56 Å². The van der Waals surface area contributed by atoms with E-state index in [-0.39, 0.29) is 37.8 Å². The first-order valence-corrected chi connectivity index (χ1v) is 6.10. The van der Waals surface area contributed by atoms with Crippen molar-refractivity contribution in [3.63, 3.8) is 0 Å². The normalized spacial score (nSPS) is 18.6. The Labute approximate surface area is 119 Å². The number of carbonyl (C=O) groups is 1. The fourth-order valence-corrected chi connectivity index (χ4v) is 1.97. The average Bonchev–Trinajstić information content (AvgIpc) is 2.45. The highest BCUT2D eigenvalue weighted by molar-refractivity contribution is 5.85. The Morgan fingerprint density at radius 1 is 1.42 bits per heavy atom. The molecule has 0 aliphatic carbocycles. The molecule has 1 aliphatic rings. The summed E-state index contributed by atoms with van der Waals surface area (Å²) < 4.78 is 5.25. The van der Waals surface area contributed by atoms with Gasteiger partial charge in [0.05, 0.1) is 12.6 Å². The van der Waals surface area contributed by atoms with E-state index in [4.69, 9.17) is 4.74 Å². The van der Waals surface area contributed by atoms with Crippen molar-refractivity contribution in [2.45, 2.75) is 12.6 Å². The van der Waals surface area contributed by atoms with Crippen LogP contribution in [0.2, 0.25) is 0 Å². The van der Waals surface area contributed by atoms with Crippen LogP contribution in [0, 0.1) is 0 Å². The topological polar surface area (TPSA) is 61.8 Å². The molecule has 0 bridgehead atoms. The van der Waals surface area contributed by atoms with E-state index in [1.165, 1.54) is 0 Å². The van der Waals surface area contributed by atoms with E-state index in [9.17, 15) is 9.90 Å². The van der Waals surface area contributed by atoms with Crippen molar-refractivity contribution in [1.82, 2.24) is 10.2 Å². The molecule has 1 aliphatic heterocycles. The molecule has 5 nitrogen and oxygen atoms in total. The molecule has 0 saturated carbocycles. The predicted molar refractivity (Wildman–Crippen MR) is 74.3 cm³/mol. The van der Waals surface area contributed by atoms with Crippen molar-refractivity contribution in [3.8, 4) is 0 Å². The Morgan fingerprint density at radius 2 is 2.16 bits per heavy atom. The number of benzene rings is 1. The monoisotopic (exact) mass is 286 g/mol. The zero-order valence-corrected chi connectivity index (χ0v) is 11.4. The van der Waals surface area contributed by atoms with Crippen molar-refractivity contribution >= 4 is 18.5 Å². The number of piperazine rings is 1. The third-order valence-electron chi connectivity index (χ3n) is 3.00. The summed E-state index contributed by atoms with van der Waals surface area (Å²) in [6.45, 7) is 2.13. The van der Waals surface area contributed by atoms with Gasteiger partial charge in [-0.1, -0.05) is 30.3 Å². The van der Waals surface area contributed by atoms with Gasteiger partial charge < -0.3 is 20.1 Å². The number of carbonyl (C=O) groups excluding carboxylic acids is 1. The van der Waals surface area contributed by atoms with Crippen LogP contribution in [0.3, 0.4) is 0 Å². The molecule has 0 radical (unpaired) electrons. The van der Waals surface area contributed by atoms with Crippen LogP contribution in [-0.4, -0.2) is 48.4 Å². The molecule has 1 fully saturated rings. The maximum Gasteiger partial charge on any atom is 0.410 e. The summed E-state index contributed by atoms with van der Waals surface area (Å²) in [4.78, 5) is 13.5. The number of nitrogens with one attached hydrogen (secondary N) is 1. The number of amides is 1. The lowest BCUT2D eigenvalue weighted by atomic mass is 10.2. The molecule has 1 aromatic rings. The van der Waals surface area contributed by atoms with Gasteiger partial charge in [0.2, 0.25) is 0 Å². The van der Waals surface area contributed by atoms with Crippen molar-refractivity contribution in [2.24, 2.45) is 0 Å². The van der Waals surface area contributed by atoms with E-state index >= 15 is 0 Å². The van der Waals surface area contributed by atoms with E-state index < -0.39 is 0 Å². The van der Waals surface area contributed by atoms with E-state index in [2.05, 4.69) is 5.32 Å². The van der Waals surface area contributed by atoms with Gasteiger partial charge in [0.25, 0.3) is 0 Å². The second-order valence-electron chi connectivity index (χ2n) is 4.27. The molecule has 106 valence electrons. The minimum absolute atomic E-state index is 0. The first-order chi connectivity index (χ1) is 8.81. The highest BCUT2D eigenvalue weighted by atomic mass is 35.5. The zero-order valence-electron chi connectivity index (χ0n) is 10.6. The van der Waals surface area contributed by atoms with E-state index in [0.29, 0.717) is 13.1 Å². The predicted octanol–water partition coefficient (Wildman–Crippen LogP) is 1.01. The van der Waals surface area contributed by atoms with Gasteiger partial charge in [0.15, 0.2) is 0 Å². The van der Waals surface area contributed by atoms with Gasteiger partial charge in [-0.2, -0.15) is 0 Å². The molecule has 0 spiro atoms. The van der Waals surface area contributed by atoms with Gasteiger partial charge in [-0.3, -0.25) is 0 Å². The molecule has 2 N–H and O–H groups in total. The first-order valence-electron chi connectivity index (χ1n) is 6.10. The molecule has 1 heterocycles. The third-order valence-corrected chi connectivity index (χ3v) is 3.00. The molecule has 1 amide bonds. The second-order valence-corrected chi connectivity index (χ2v) is 4.27. The van der Waals surface area contributed by atoms with Crippen LogP contribution in [-0.2, 0) is 11.3 Å². The number of ether oxygens (including phenoxy) is 1. The van der Waals surface area contributed by atoms with E-state index in [0.717, 1.165) is 12.1 Å². The Hall–Kier alpha value is -1.30. The molecule has 19 heavy (non-hydrogen) atoms. The molecule has 1 saturated heterocycles. The number of nitrogens with zero attached hydrogens (tertiary/aromatic N) is 1. The van der Waals surface area contributed by atoms with Crippen LogP contribution in [0.4, 0.5) is 4.79 Å². The number of hydrogen-bond acceptors (Lipinski definition) is 4. The molecular formula is C13H19ClN2O3. The van der Waals surface area contributed by atoms with Crippen molar-refractivity contribution in [3.05, 3.63) is 35.9 Å². The highest BCUT2D eigenvalue weighted by Crippen LogP contribution is 2.08.